The van der Waals surface area contributed by atoms with Crippen molar-refractivity contribution in [1.82, 2.24) is 0 Å². The zero-order chi connectivity index (χ0) is 65.1. The first-order valence-corrected chi connectivity index (χ1v) is 34.9. The van der Waals surface area contributed by atoms with Crippen molar-refractivity contribution in [2.45, 2.75) is 112 Å². The summed E-state index contributed by atoms with van der Waals surface area (Å²) >= 11 is 20.3. The Labute approximate surface area is 593 Å². The number of hydrogen-bond donors (Lipinski definition) is 0. The Balaban J connectivity index is 0.000000140. The zero-order valence-corrected chi connectivity index (χ0v) is 59.1. The summed E-state index contributed by atoms with van der Waals surface area (Å²) in [4.78, 5) is 0. The maximum absolute atomic E-state index is 6.77. The average Bonchev–Trinajstić information content (AvgIpc) is 1.60. The minimum atomic E-state index is -0.310. The molecule has 4 aliphatic rings. The van der Waals surface area contributed by atoms with Crippen LogP contribution < -0.4 is 5.46 Å². The summed E-state index contributed by atoms with van der Waals surface area (Å²) in [6, 6.07) is 86.3. The highest BCUT2D eigenvalue weighted by Crippen LogP contribution is 2.54. The molecule has 2 nitrogen and oxygen atoms in total. The van der Waals surface area contributed by atoms with Gasteiger partial charge in [-0.25, -0.2) is 0 Å². The molecule has 14 aromatic carbocycles. The molecule has 0 bridgehead atoms. The van der Waals surface area contributed by atoms with Crippen LogP contribution in [0.1, 0.15) is 117 Å². The highest BCUT2D eigenvalue weighted by Gasteiger charge is 2.52. The van der Waals surface area contributed by atoms with Crippen LogP contribution in [0.2, 0.25) is 10.0 Å². The molecule has 0 amide bonds. The lowest BCUT2D eigenvalue weighted by molar-refractivity contribution is 0.00578. The quantitative estimate of drug-likeness (QED) is 0.130. The van der Waals surface area contributed by atoms with Gasteiger partial charge in [-0.2, -0.15) is 0 Å². The van der Waals surface area contributed by atoms with Gasteiger partial charge in [0.05, 0.1) is 11.2 Å². The number of benzene rings is 14. The van der Waals surface area contributed by atoms with E-state index in [9.17, 15) is 0 Å². The van der Waals surface area contributed by atoms with Crippen molar-refractivity contribution in [2.75, 3.05) is 0 Å². The van der Waals surface area contributed by atoms with Crippen molar-refractivity contribution in [3.05, 3.63) is 289 Å². The van der Waals surface area contributed by atoms with Crippen molar-refractivity contribution in [1.29, 1.82) is 0 Å². The van der Waals surface area contributed by atoms with E-state index in [2.05, 4.69) is 319 Å². The summed E-state index contributed by atoms with van der Waals surface area (Å²) in [6.45, 7) is 22.4. The summed E-state index contributed by atoms with van der Waals surface area (Å²) in [5.74, 6) is 0. The predicted octanol–water partition coefficient (Wildman–Crippen LogP) is 26.6. The van der Waals surface area contributed by atoms with Gasteiger partial charge in [0.15, 0.2) is 0 Å². The number of rotatable bonds is 3. The van der Waals surface area contributed by atoms with Crippen molar-refractivity contribution in [2.24, 2.45) is 0 Å². The van der Waals surface area contributed by atoms with Crippen molar-refractivity contribution >= 4 is 132 Å². The highest BCUT2D eigenvalue weighted by molar-refractivity contribution is 9.11. The van der Waals surface area contributed by atoms with Gasteiger partial charge in [0.1, 0.15) is 0 Å². The van der Waals surface area contributed by atoms with Crippen LogP contribution in [0.15, 0.2) is 246 Å². The van der Waals surface area contributed by atoms with E-state index in [-0.39, 0.29) is 49.4 Å². The second-order valence-electron chi connectivity index (χ2n) is 28.7. The largest absolute Gasteiger partial charge is 0.494 e. The Hall–Kier alpha value is -7.84. The molecular weight excluding hydrogens is 1340 g/mol. The van der Waals surface area contributed by atoms with E-state index >= 15 is 0 Å². The first kappa shape index (κ1) is 65.5. The van der Waals surface area contributed by atoms with Gasteiger partial charge in [0.25, 0.3) is 0 Å². The molecule has 0 saturated carbocycles. The van der Waals surface area contributed by atoms with Gasteiger partial charge in [-0.15, -0.1) is 0 Å². The van der Waals surface area contributed by atoms with E-state index in [1.807, 2.05) is 18.2 Å². The summed E-state index contributed by atoms with van der Waals surface area (Å²) in [7, 11) is -0.306. The molecule has 476 valence electrons. The number of fused-ring (bicyclic) bond motifs is 19. The third-order valence-corrected chi connectivity index (χ3v) is 23.5. The molecule has 14 aromatic rings. The lowest BCUT2D eigenvalue weighted by Gasteiger charge is -2.32. The van der Waals surface area contributed by atoms with Gasteiger partial charge in [-0.1, -0.05) is 287 Å². The molecule has 3 aliphatic carbocycles. The van der Waals surface area contributed by atoms with E-state index in [0.29, 0.717) is 0 Å². The average molecular weight is 1420 g/mol. The van der Waals surface area contributed by atoms with Gasteiger partial charge in [0, 0.05) is 35.2 Å². The minimum absolute atomic E-state index is 0. The molecule has 96 heavy (non-hydrogen) atoms. The molecule has 1 aliphatic heterocycles. The van der Waals surface area contributed by atoms with Gasteiger partial charge in [0.2, 0.25) is 0 Å². The molecule has 1 fully saturated rings. The van der Waals surface area contributed by atoms with Crippen LogP contribution >= 0.6 is 55.1 Å². The molecule has 1 heterocycles. The molecule has 0 atom stereocenters. The summed E-state index contributed by atoms with van der Waals surface area (Å²) < 4.78 is 14.7. The summed E-state index contributed by atoms with van der Waals surface area (Å²) in [6.07, 6.45) is 0. The highest BCUT2D eigenvalue weighted by atomic mass is 79.9. The van der Waals surface area contributed by atoms with Gasteiger partial charge in [-0.3, -0.25) is 0 Å². The fourth-order valence-corrected chi connectivity index (χ4v) is 17.4. The van der Waals surface area contributed by atoms with Crippen LogP contribution in [0.3, 0.4) is 0 Å². The molecule has 0 radical (unpaired) electrons. The van der Waals surface area contributed by atoms with E-state index in [0.717, 1.165) is 29.8 Å². The number of hydrogen-bond acceptors (Lipinski definition) is 2. The molecule has 0 aromatic heterocycles. The van der Waals surface area contributed by atoms with Crippen molar-refractivity contribution in [3.8, 4) is 55.6 Å². The Bertz CT molecular complexity index is 5550. The molecule has 18 rings (SSSR count). The fraction of sp³-hybridized carbons (Fsp3) is 0.191. The standard InChI is InChI=1S/C48H35Cl.C21H25BO2.C18H9Br2Cl.2CH4/c1-47(2)43-15-9-7-13-34(43)36-20-17-28(23-45(36)47)38-26-42-33-22-19-30(49)25-40(33)39(27-41(42)32-12-6-5-11-31(32)38)29-18-21-37-35-14-8-10-16-44(35)48(3,4)46(37)24-29;1-19(2)17-10-8-7-9-15(17)16-12-11-14(13-18(16)19)22-23-20(3,4)21(5,6)24-22;19-17-8-15-12-6-5-10(21)7-16(12)18(20)9-14(15)11-3-1-2-4-13(11)17;;/h5-27H,1-4H3;7-13H,1-6H3;1-9H;2*1H4. The van der Waals surface area contributed by atoms with Gasteiger partial charge >= 0.3 is 7.12 Å². The van der Waals surface area contributed by atoms with Crippen LogP contribution in [0.4, 0.5) is 0 Å². The molecule has 7 heteroatoms. The van der Waals surface area contributed by atoms with Crippen LogP contribution in [-0.2, 0) is 25.6 Å². The van der Waals surface area contributed by atoms with Crippen LogP contribution in [-0.4, -0.2) is 18.3 Å². The van der Waals surface area contributed by atoms with Crippen LogP contribution in [0.5, 0.6) is 0 Å². The Morgan fingerprint density at radius 1 is 0.271 bits per heavy atom. The second-order valence-corrected chi connectivity index (χ2v) is 31.2. The van der Waals surface area contributed by atoms with Crippen LogP contribution in [0, 0.1) is 0 Å². The van der Waals surface area contributed by atoms with Gasteiger partial charge in [-0.05, 0) is 247 Å². The first-order chi connectivity index (χ1) is 45.0. The number of halogens is 4. The molecule has 1 saturated heterocycles. The Morgan fingerprint density at radius 2 is 0.604 bits per heavy atom. The molecular formula is C89H77BBr2Cl2O2. The smallest absolute Gasteiger partial charge is 0.399 e. The van der Waals surface area contributed by atoms with E-state index in [1.165, 1.54) is 148 Å². The third-order valence-electron chi connectivity index (χ3n) is 21.7. The summed E-state index contributed by atoms with van der Waals surface area (Å²) in [5.41, 5.74) is 21.7. The first-order valence-electron chi connectivity index (χ1n) is 32.6. The molecule has 0 N–H and O–H groups in total. The van der Waals surface area contributed by atoms with E-state index in [1.54, 1.807) is 0 Å². The molecule has 0 unspecified atom stereocenters. The van der Waals surface area contributed by atoms with Gasteiger partial charge < -0.3 is 9.31 Å². The van der Waals surface area contributed by atoms with Crippen molar-refractivity contribution < 1.29 is 9.31 Å². The Morgan fingerprint density at radius 3 is 1.08 bits per heavy atom. The molecule has 0 spiro atoms. The SMILES string of the molecule is C.C.CC1(C)c2ccccc2-c2ccc(-c3cc4c5ccc(Cl)cc5c(-c5ccc6c(c5)C(C)(C)c5ccccc5-6)cc4c4ccccc34)cc21.CC1(C)c2ccccc2-c2ccc(B3OC(C)(C)C(C)(C)O3)cc21.Clc1ccc2c(c1)c(Br)cc1c3ccccc3c(Br)cc21. The summed E-state index contributed by atoms with van der Waals surface area (Å²) in [5, 5.41) is 16.3. The lowest BCUT2D eigenvalue weighted by atomic mass is 9.74. The minimum Gasteiger partial charge on any atom is -0.399 e. The monoisotopic (exact) mass is 1420 g/mol. The third kappa shape index (κ3) is 10.2. The topological polar surface area (TPSA) is 18.5 Å². The Kier molecular flexibility index (Phi) is 16.2. The second kappa shape index (κ2) is 23.7. The van der Waals surface area contributed by atoms with Crippen LogP contribution in [0.25, 0.3) is 120 Å². The lowest BCUT2D eigenvalue weighted by Crippen LogP contribution is -2.41. The maximum atomic E-state index is 6.77. The van der Waals surface area contributed by atoms with E-state index < -0.39 is 0 Å². The van der Waals surface area contributed by atoms with Crippen molar-refractivity contribution in [3.63, 3.8) is 0 Å². The normalized spacial score (nSPS) is 15.8. The van der Waals surface area contributed by atoms with E-state index in [4.69, 9.17) is 32.5 Å². The zero-order valence-electron chi connectivity index (χ0n) is 54.4. The fourth-order valence-electron chi connectivity index (χ4n) is 15.9. The predicted molar refractivity (Wildman–Crippen MR) is 423 cm³/mol. The maximum Gasteiger partial charge on any atom is 0.494 e.